The van der Waals surface area contributed by atoms with E-state index in [1.807, 2.05) is 35.2 Å². The van der Waals surface area contributed by atoms with Gasteiger partial charge in [0.2, 0.25) is 0 Å². The standard InChI is InChI=1S/C20H22N6O/c1-24(17-5-3-2-4-6-17)18-11-13-25(14-12-18)20(27)16-7-9-19(10-8-16)26-15-21-22-23-26/h2-10,15,18H,11-14H2,1H3. The highest BCUT2D eigenvalue weighted by Crippen LogP contribution is 2.23. The number of hydrogen-bond donors (Lipinski definition) is 0. The zero-order chi connectivity index (χ0) is 18.6. The third-order valence-corrected chi connectivity index (χ3v) is 5.19. The van der Waals surface area contributed by atoms with Crippen molar-refractivity contribution in [1.29, 1.82) is 0 Å². The number of carbonyl (C=O) groups is 1. The van der Waals surface area contributed by atoms with Gasteiger partial charge in [-0.15, -0.1) is 5.10 Å². The second kappa shape index (κ2) is 7.57. The van der Waals surface area contributed by atoms with E-state index in [-0.39, 0.29) is 5.91 Å². The number of carbonyl (C=O) groups excluding carboxylic acids is 1. The van der Waals surface area contributed by atoms with E-state index in [4.69, 9.17) is 0 Å². The van der Waals surface area contributed by atoms with Crippen molar-refractivity contribution in [1.82, 2.24) is 25.1 Å². The van der Waals surface area contributed by atoms with Crippen molar-refractivity contribution in [3.05, 3.63) is 66.5 Å². The molecule has 4 rings (SSSR count). The minimum atomic E-state index is 0.0825. The van der Waals surface area contributed by atoms with E-state index in [2.05, 4.69) is 51.7 Å². The predicted molar refractivity (Wildman–Crippen MR) is 103 cm³/mol. The van der Waals surface area contributed by atoms with E-state index in [1.54, 1.807) is 4.68 Å². The normalized spacial score (nSPS) is 14.9. The van der Waals surface area contributed by atoms with E-state index < -0.39 is 0 Å². The highest BCUT2D eigenvalue weighted by atomic mass is 16.2. The average Bonchev–Trinajstić information content (AvgIpc) is 3.28. The van der Waals surface area contributed by atoms with Crippen LogP contribution in [0.5, 0.6) is 0 Å². The molecule has 1 saturated heterocycles. The van der Waals surface area contributed by atoms with Crippen LogP contribution in [0.3, 0.4) is 0 Å². The Morgan fingerprint density at radius 3 is 2.37 bits per heavy atom. The summed E-state index contributed by atoms with van der Waals surface area (Å²) in [6.45, 7) is 1.55. The highest BCUT2D eigenvalue weighted by Gasteiger charge is 2.26. The Labute approximate surface area is 158 Å². The molecule has 0 unspecified atom stereocenters. The molecule has 1 aromatic heterocycles. The van der Waals surface area contributed by atoms with Gasteiger partial charge < -0.3 is 9.80 Å². The SMILES string of the molecule is CN(c1ccccc1)C1CCN(C(=O)c2ccc(-n3cnnn3)cc2)CC1. The molecule has 2 aromatic carbocycles. The lowest BCUT2D eigenvalue weighted by molar-refractivity contribution is 0.0713. The second-order valence-electron chi connectivity index (χ2n) is 6.77. The number of nitrogens with zero attached hydrogens (tertiary/aromatic N) is 6. The van der Waals surface area contributed by atoms with Gasteiger partial charge in [0.25, 0.3) is 5.91 Å². The van der Waals surface area contributed by atoms with Crippen molar-refractivity contribution in [2.75, 3.05) is 25.0 Å². The molecular weight excluding hydrogens is 340 g/mol. The molecule has 0 aliphatic carbocycles. The molecule has 1 fully saturated rings. The predicted octanol–water partition coefficient (Wildman–Crippen LogP) is 2.40. The Kier molecular flexibility index (Phi) is 4.82. The molecule has 1 amide bonds. The summed E-state index contributed by atoms with van der Waals surface area (Å²) in [6.07, 6.45) is 3.48. The molecule has 1 aliphatic heterocycles. The van der Waals surface area contributed by atoms with Gasteiger partial charge in [-0.3, -0.25) is 4.79 Å². The van der Waals surface area contributed by atoms with Crippen molar-refractivity contribution < 1.29 is 4.79 Å². The lowest BCUT2D eigenvalue weighted by Gasteiger charge is -2.38. The van der Waals surface area contributed by atoms with Crippen molar-refractivity contribution >= 4 is 11.6 Å². The summed E-state index contributed by atoms with van der Waals surface area (Å²) >= 11 is 0. The van der Waals surface area contributed by atoms with Crippen LogP contribution in [0.15, 0.2) is 60.9 Å². The molecular formula is C20H22N6O. The maximum Gasteiger partial charge on any atom is 0.253 e. The van der Waals surface area contributed by atoms with Crippen LogP contribution in [-0.2, 0) is 0 Å². The van der Waals surface area contributed by atoms with Gasteiger partial charge in [-0.2, -0.15) is 0 Å². The van der Waals surface area contributed by atoms with Crippen LogP contribution in [0.25, 0.3) is 5.69 Å². The smallest absolute Gasteiger partial charge is 0.253 e. The van der Waals surface area contributed by atoms with Gasteiger partial charge in [0, 0.05) is 37.4 Å². The summed E-state index contributed by atoms with van der Waals surface area (Å²) in [4.78, 5) is 17.1. The molecule has 138 valence electrons. The molecule has 0 N–H and O–H groups in total. The Hall–Kier alpha value is -3.22. The number of hydrogen-bond acceptors (Lipinski definition) is 5. The van der Waals surface area contributed by atoms with Crippen LogP contribution in [0.2, 0.25) is 0 Å². The fourth-order valence-electron chi connectivity index (χ4n) is 3.55. The summed E-state index contributed by atoms with van der Waals surface area (Å²) in [5.41, 5.74) is 2.75. The first-order chi connectivity index (χ1) is 13.2. The monoisotopic (exact) mass is 362 g/mol. The second-order valence-corrected chi connectivity index (χ2v) is 6.77. The van der Waals surface area contributed by atoms with Gasteiger partial charge in [0.15, 0.2) is 0 Å². The highest BCUT2D eigenvalue weighted by molar-refractivity contribution is 5.94. The van der Waals surface area contributed by atoms with Crippen LogP contribution in [0.1, 0.15) is 23.2 Å². The van der Waals surface area contributed by atoms with Crippen molar-refractivity contribution in [2.24, 2.45) is 0 Å². The average molecular weight is 362 g/mol. The number of tetrazole rings is 1. The Morgan fingerprint density at radius 2 is 1.74 bits per heavy atom. The quantitative estimate of drug-likeness (QED) is 0.713. The van der Waals surface area contributed by atoms with Gasteiger partial charge in [-0.05, 0) is 59.7 Å². The molecule has 7 heteroatoms. The molecule has 27 heavy (non-hydrogen) atoms. The van der Waals surface area contributed by atoms with E-state index in [0.717, 1.165) is 31.6 Å². The van der Waals surface area contributed by atoms with Crippen molar-refractivity contribution in [3.8, 4) is 5.69 Å². The molecule has 0 saturated carbocycles. The molecule has 0 bridgehead atoms. The van der Waals surface area contributed by atoms with Crippen LogP contribution in [-0.4, -0.2) is 57.2 Å². The summed E-state index contributed by atoms with van der Waals surface area (Å²) in [5, 5.41) is 11.1. The van der Waals surface area contributed by atoms with Crippen LogP contribution >= 0.6 is 0 Å². The number of likely N-dealkylation sites (tertiary alicyclic amines) is 1. The van der Waals surface area contributed by atoms with E-state index in [0.29, 0.717) is 11.6 Å². The Bertz CT molecular complexity index is 871. The summed E-state index contributed by atoms with van der Waals surface area (Å²) in [7, 11) is 2.13. The third kappa shape index (κ3) is 3.67. The fourth-order valence-corrected chi connectivity index (χ4v) is 3.55. The Balaban J connectivity index is 1.37. The van der Waals surface area contributed by atoms with Gasteiger partial charge in [-0.1, -0.05) is 18.2 Å². The lowest BCUT2D eigenvalue weighted by atomic mass is 10.0. The molecule has 0 atom stereocenters. The summed E-state index contributed by atoms with van der Waals surface area (Å²) in [6, 6.07) is 18.3. The lowest BCUT2D eigenvalue weighted by Crippen LogP contribution is -2.45. The maximum atomic E-state index is 12.8. The first-order valence-electron chi connectivity index (χ1n) is 9.13. The third-order valence-electron chi connectivity index (χ3n) is 5.19. The minimum absolute atomic E-state index is 0.0825. The van der Waals surface area contributed by atoms with E-state index in [9.17, 15) is 4.79 Å². The molecule has 1 aliphatic rings. The van der Waals surface area contributed by atoms with Crippen LogP contribution < -0.4 is 4.90 Å². The molecule has 2 heterocycles. The minimum Gasteiger partial charge on any atom is -0.371 e. The summed E-state index contributed by atoms with van der Waals surface area (Å²) in [5.74, 6) is 0.0825. The number of benzene rings is 2. The topological polar surface area (TPSA) is 67.2 Å². The van der Waals surface area contributed by atoms with Gasteiger partial charge in [0.05, 0.1) is 5.69 Å². The number of amides is 1. The fraction of sp³-hybridized carbons (Fsp3) is 0.300. The van der Waals surface area contributed by atoms with Crippen LogP contribution in [0, 0.1) is 0 Å². The Morgan fingerprint density at radius 1 is 1.04 bits per heavy atom. The zero-order valence-electron chi connectivity index (χ0n) is 15.3. The first kappa shape index (κ1) is 17.2. The number of aromatic nitrogens is 4. The van der Waals surface area contributed by atoms with Gasteiger partial charge in [0.1, 0.15) is 6.33 Å². The van der Waals surface area contributed by atoms with Crippen molar-refractivity contribution in [2.45, 2.75) is 18.9 Å². The number of para-hydroxylation sites is 1. The van der Waals surface area contributed by atoms with Crippen molar-refractivity contribution in [3.63, 3.8) is 0 Å². The largest absolute Gasteiger partial charge is 0.371 e. The van der Waals surface area contributed by atoms with Gasteiger partial charge >= 0.3 is 0 Å². The van der Waals surface area contributed by atoms with E-state index >= 15 is 0 Å². The zero-order valence-corrected chi connectivity index (χ0v) is 15.3. The molecule has 0 spiro atoms. The molecule has 7 nitrogen and oxygen atoms in total. The summed E-state index contributed by atoms with van der Waals surface area (Å²) < 4.78 is 1.57. The number of piperidine rings is 1. The molecule has 3 aromatic rings. The van der Waals surface area contributed by atoms with Gasteiger partial charge in [-0.25, -0.2) is 4.68 Å². The van der Waals surface area contributed by atoms with E-state index in [1.165, 1.54) is 12.0 Å². The number of rotatable bonds is 4. The van der Waals surface area contributed by atoms with Crippen LogP contribution in [0.4, 0.5) is 5.69 Å². The molecule has 0 radical (unpaired) electrons. The number of anilines is 1. The first-order valence-corrected chi connectivity index (χ1v) is 9.13. The maximum absolute atomic E-state index is 12.8.